The standard InChI is InChI=1S/C25H16Cl2N4O3/c26-18-11-16-17(12-19(18)27)25(34)31(24(16)33)9-8-23(32)29-15-5-3-4-14(10-15)22-13-28-20-6-1-2-7-21(20)30-22/h1-7,10-13H,8-9H2,(H,29,32). The van der Waals surface area contributed by atoms with E-state index in [0.717, 1.165) is 21.5 Å². The van der Waals surface area contributed by atoms with Crippen molar-refractivity contribution in [2.24, 2.45) is 0 Å². The monoisotopic (exact) mass is 490 g/mol. The van der Waals surface area contributed by atoms with Crippen LogP contribution in [0.3, 0.4) is 0 Å². The number of hydrogen-bond acceptors (Lipinski definition) is 5. The lowest BCUT2D eigenvalue weighted by molar-refractivity contribution is -0.116. The molecule has 2 heterocycles. The maximum Gasteiger partial charge on any atom is 0.261 e. The van der Waals surface area contributed by atoms with Crippen molar-refractivity contribution < 1.29 is 14.4 Å². The molecule has 0 unspecified atom stereocenters. The summed E-state index contributed by atoms with van der Waals surface area (Å²) in [6.45, 7) is -0.0662. The normalized spacial score (nSPS) is 12.8. The van der Waals surface area contributed by atoms with Gasteiger partial charge in [0.25, 0.3) is 11.8 Å². The lowest BCUT2D eigenvalue weighted by Crippen LogP contribution is -2.32. The minimum Gasteiger partial charge on any atom is -0.326 e. The highest BCUT2D eigenvalue weighted by Crippen LogP contribution is 2.31. The number of carbonyl (C=O) groups is 3. The van der Waals surface area contributed by atoms with E-state index in [1.165, 1.54) is 12.1 Å². The molecule has 1 aliphatic rings. The number of fused-ring (bicyclic) bond motifs is 2. The molecule has 34 heavy (non-hydrogen) atoms. The number of hydrogen-bond donors (Lipinski definition) is 1. The van der Waals surface area contributed by atoms with E-state index in [4.69, 9.17) is 23.2 Å². The topological polar surface area (TPSA) is 92.3 Å². The molecule has 9 heteroatoms. The van der Waals surface area contributed by atoms with Gasteiger partial charge in [-0.3, -0.25) is 24.3 Å². The number of carbonyl (C=O) groups excluding carboxylic acids is 3. The molecular weight excluding hydrogens is 475 g/mol. The van der Waals surface area contributed by atoms with Gasteiger partial charge >= 0.3 is 0 Å². The summed E-state index contributed by atoms with van der Waals surface area (Å²) in [5.41, 5.74) is 3.99. The third kappa shape index (κ3) is 4.11. The van der Waals surface area contributed by atoms with Crippen molar-refractivity contribution in [2.45, 2.75) is 6.42 Å². The maximum atomic E-state index is 12.6. The summed E-state index contributed by atoms with van der Waals surface area (Å²) in [5.74, 6) is -1.33. The van der Waals surface area contributed by atoms with Crippen LogP contribution in [0, 0.1) is 0 Å². The summed E-state index contributed by atoms with van der Waals surface area (Å²) in [4.78, 5) is 47.8. The maximum absolute atomic E-state index is 12.6. The van der Waals surface area contributed by atoms with Crippen LogP contribution in [-0.4, -0.2) is 39.1 Å². The fraction of sp³-hybridized carbons (Fsp3) is 0.0800. The first-order valence-corrected chi connectivity index (χ1v) is 11.1. The molecule has 0 spiro atoms. The highest BCUT2D eigenvalue weighted by molar-refractivity contribution is 6.43. The molecule has 5 rings (SSSR count). The molecule has 4 aromatic rings. The van der Waals surface area contributed by atoms with Crippen LogP contribution in [0.2, 0.25) is 10.0 Å². The van der Waals surface area contributed by atoms with E-state index < -0.39 is 11.8 Å². The molecule has 3 amide bonds. The third-order valence-corrected chi connectivity index (χ3v) is 6.19. The summed E-state index contributed by atoms with van der Waals surface area (Å²) >= 11 is 11.9. The Labute approximate surface area is 204 Å². The average molecular weight is 491 g/mol. The van der Waals surface area contributed by atoms with Gasteiger partial charge in [-0.05, 0) is 36.4 Å². The fourth-order valence-electron chi connectivity index (χ4n) is 3.78. The fourth-order valence-corrected chi connectivity index (χ4v) is 4.10. The molecule has 3 aromatic carbocycles. The van der Waals surface area contributed by atoms with Gasteiger partial charge in [0.2, 0.25) is 5.91 Å². The number of halogens is 2. The zero-order chi connectivity index (χ0) is 23.8. The minimum atomic E-state index is -0.497. The molecule has 0 saturated heterocycles. The van der Waals surface area contributed by atoms with Crippen LogP contribution < -0.4 is 5.32 Å². The molecule has 168 valence electrons. The number of rotatable bonds is 5. The first-order valence-electron chi connectivity index (χ1n) is 10.4. The number of para-hydroxylation sites is 2. The van der Waals surface area contributed by atoms with Crippen LogP contribution in [0.25, 0.3) is 22.3 Å². The highest BCUT2D eigenvalue weighted by atomic mass is 35.5. The van der Waals surface area contributed by atoms with E-state index in [9.17, 15) is 14.4 Å². The Kier molecular flexibility index (Phi) is 5.73. The van der Waals surface area contributed by atoms with Gasteiger partial charge in [-0.25, -0.2) is 4.98 Å². The largest absolute Gasteiger partial charge is 0.326 e. The number of nitrogens with one attached hydrogen (secondary N) is 1. The lowest BCUT2D eigenvalue weighted by Gasteiger charge is -2.13. The number of anilines is 1. The molecule has 0 aliphatic carbocycles. The predicted molar refractivity (Wildman–Crippen MR) is 130 cm³/mol. The Balaban J connectivity index is 1.26. The molecule has 0 saturated carbocycles. The Morgan fingerprint density at radius 3 is 2.26 bits per heavy atom. The number of aromatic nitrogens is 2. The van der Waals surface area contributed by atoms with E-state index in [1.807, 2.05) is 30.3 Å². The van der Waals surface area contributed by atoms with Crippen LogP contribution >= 0.6 is 23.2 Å². The van der Waals surface area contributed by atoms with Crippen molar-refractivity contribution in [3.8, 4) is 11.3 Å². The predicted octanol–water partition coefficient (Wildman–Crippen LogP) is 5.23. The van der Waals surface area contributed by atoms with Gasteiger partial charge in [-0.1, -0.05) is 47.5 Å². The number of benzene rings is 3. The van der Waals surface area contributed by atoms with Crippen molar-refractivity contribution in [3.05, 3.63) is 88.0 Å². The smallest absolute Gasteiger partial charge is 0.261 e. The van der Waals surface area contributed by atoms with Crippen LogP contribution in [-0.2, 0) is 4.79 Å². The first-order chi connectivity index (χ1) is 16.4. The van der Waals surface area contributed by atoms with E-state index in [1.54, 1.807) is 24.4 Å². The summed E-state index contributed by atoms with van der Waals surface area (Å²) < 4.78 is 0. The Hall–Kier alpha value is -3.81. The van der Waals surface area contributed by atoms with E-state index >= 15 is 0 Å². The second-order valence-electron chi connectivity index (χ2n) is 7.70. The quantitative estimate of drug-likeness (QED) is 0.386. The van der Waals surface area contributed by atoms with Crippen molar-refractivity contribution in [1.29, 1.82) is 0 Å². The highest BCUT2D eigenvalue weighted by Gasteiger charge is 2.36. The average Bonchev–Trinajstić information content (AvgIpc) is 3.06. The lowest BCUT2D eigenvalue weighted by atomic mass is 10.1. The number of imide groups is 1. The van der Waals surface area contributed by atoms with Gasteiger partial charge < -0.3 is 5.32 Å². The van der Waals surface area contributed by atoms with Crippen molar-refractivity contribution in [3.63, 3.8) is 0 Å². The van der Waals surface area contributed by atoms with Gasteiger partial charge in [-0.2, -0.15) is 0 Å². The van der Waals surface area contributed by atoms with E-state index in [2.05, 4.69) is 15.3 Å². The van der Waals surface area contributed by atoms with Gasteiger partial charge in [0.05, 0.1) is 44.1 Å². The second kappa shape index (κ2) is 8.85. The number of nitrogens with zero attached hydrogens (tertiary/aromatic N) is 3. The van der Waals surface area contributed by atoms with Crippen LogP contribution in [0.1, 0.15) is 27.1 Å². The van der Waals surface area contributed by atoms with Crippen molar-refractivity contribution >= 4 is 57.6 Å². The molecule has 7 nitrogen and oxygen atoms in total. The molecule has 1 aromatic heterocycles. The Morgan fingerprint density at radius 2 is 1.56 bits per heavy atom. The Bertz CT molecular complexity index is 1450. The van der Waals surface area contributed by atoms with Crippen LogP contribution in [0.15, 0.2) is 66.9 Å². The van der Waals surface area contributed by atoms with Gasteiger partial charge in [0.15, 0.2) is 0 Å². The SMILES string of the molecule is O=C(CCN1C(=O)c2cc(Cl)c(Cl)cc2C1=O)Nc1cccc(-c2cnc3ccccc3n2)c1. The Morgan fingerprint density at radius 1 is 0.882 bits per heavy atom. The zero-order valence-corrected chi connectivity index (χ0v) is 19.1. The molecule has 0 bridgehead atoms. The zero-order valence-electron chi connectivity index (χ0n) is 17.6. The van der Waals surface area contributed by atoms with Gasteiger partial charge in [-0.15, -0.1) is 0 Å². The van der Waals surface area contributed by atoms with Crippen LogP contribution in [0.4, 0.5) is 5.69 Å². The summed E-state index contributed by atoms with van der Waals surface area (Å²) in [6, 6.07) is 17.6. The van der Waals surface area contributed by atoms with Crippen LogP contribution in [0.5, 0.6) is 0 Å². The summed E-state index contributed by atoms with van der Waals surface area (Å²) in [7, 11) is 0. The molecular formula is C25H16Cl2N4O3. The molecule has 1 N–H and O–H groups in total. The van der Waals surface area contributed by atoms with Crippen molar-refractivity contribution in [1.82, 2.24) is 14.9 Å². The summed E-state index contributed by atoms with van der Waals surface area (Å²) in [5, 5.41) is 3.19. The van der Waals surface area contributed by atoms with E-state index in [0.29, 0.717) is 11.4 Å². The number of amides is 3. The van der Waals surface area contributed by atoms with Crippen molar-refractivity contribution in [2.75, 3.05) is 11.9 Å². The second-order valence-corrected chi connectivity index (χ2v) is 8.51. The van der Waals surface area contributed by atoms with E-state index in [-0.39, 0.29) is 40.0 Å². The van der Waals surface area contributed by atoms with Gasteiger partial charge in [0.1, 0.15) is 0 Å². The third-order valence-electron chi connectivity index (χ3n) is 5.46. The molecule has 1 aliphatic heterocycles. The minimum absolute atomic E-state index is 0.0626. The molecule has 0 fully saturated rings. The molecule has 0 atom stereocenters. The first kappa shape index (κ1) is 22.0. The van der Waals surface area contributed by atoms with Gasteiger partial charge in [0, 0.05) is 24.2 Å². The molecule has 0 radical (unpaired) electrons. The summed E-state index contributed by atoms with van der Waals surface area (Å²) in [6.07, 6.45) is 1.62.